The fourth-order valence-electron chi connectivity index (χ4n) is 1.86. The monoisotopic (exact) mass is 335 g/mol. The van der Waals surface area contributed by atoms with E-state index in [1.165, 1.54) is 13.0 Å². The molecule has 0 saturated carbocycles. The fourth-order valence-corrected chi connectivity index (χ4v) is 1.86. The van der Waals surface area contributed by atoms with Gasteiger partial charge < -0.3 is 16.4 Å². The Hall–Kier alpha value is -1.73. The summed E-state index contributed by atoms with van der Waals surface area (Å²) in [7, 11) is 0. The van der Waals surface area contributed by atoms with Crippen LogP contribution in [0.4, 0.5) is 8.78 Å². The average molecular weight is 336 g/mol. The Morgan fingerprint density at radius 3 is 2.55 bits per heavy atom. The summed E-state index contributed by atoms with van der Waals surface area (Å²) in [5, 5.41) is 5.11. The van der Waals surface area contributed by atoms with Crippen LogP contribution in [-0.4, -0.2) is 24.9 Å². The third-order valence-electron chi connectivity index (χ3n) is 2.81. The molecule has 0 aliphatic rings. The number of nitrogens with one attached hydrogen (secondary N) is 2. The molecule has 0 spiro atoms. The van der Waals surface area contributed by atoms with E-state index in [1.54, 1.807) is 0 Å². The summed E-state index contributed by atoms with van der Waals surface area (Å²) in [5.74, 6) is -2.27. The number of carbonyl (C=O) groups excluding carboxylic acids is 2. The van der Waals surface area contributed by atoms with Crippen LogP contribution >= 0.6 is 12.4 Å². The molecule has 1 aromatic carbocycles. The Kier molecular flexibility index (Phi) is 9.28. The van der Waals surface area contributed by atoms with E-state index in [4.69, 9.17) is 5.73 Å². The molecule has 2 amide bonds. The van der Waals surface area contributed by atoms with Gasteiger partial charge >= 0.3 is 0 Å². The molecule has 0 aliphatic heterocycles. The molecule has 0 bridgehead atoms. The number of rotatable bonds is 7. The van der Waals surface area contributed by atoms with E-state index < -0.39 is 23.6 Å². The lowest BCUT2D eigenvalue weighted by molar-refractivity contribution is -0.122. The van der Waals surface area contributed by atoms with Gasteiger partial charge in [-0.1, -0.05) is 6.07 Å². The molecule has 0 radical (unpaired) electrons. The van der Waals surface area contributed by atoms with Gasteiger partial charge in [-0.2, -0.15) is 0 Å². The molecule has 1 atom stereocenters. The molecule has 0 saturated heterocycles. The Morgan fingerprint density at radius 1 is 1.32 bits per heavy atom. The van der Waals surface area contributed by atoms with Crippen LogP contribution in [0.2, 0.25) is 0 Å². The minimum Gasteiger partial charge on any atom is -0.356 e. The third-order valence-corrected chi connectivity index (χ3v) is 2.81. The minimum atomic E-state index is -0.846. The average Bonchev–Trinajstić information content (AvgIpc) is 2.37. The Morgan fingerprint density at radius 2 is 2.00 bits per heavy atom. The van der Waals surface area contributed by atoms with Gasteiger partial charge in [-0.05, 0) is 19.0 Å². The lowest BCUT2D eigenvalue weighted by Crippen LogP contribution is -2.33. The first kappa shape index (κ1) is 20.3. The molecule has 124 valence electrons. The van der Waals surface area contributed by atoms with E-state index in [2.05, 4.69) is 10.6 Å². The van der Waals surface area contributed by atoms with Crippen LogP contribution in [-0.2, 0) is 9.59 Å². The second-order valence-electron chi connectivity index (χ2n) is 4.62. The van der Waals surface area contributed by atoms with Gasteiger partial charge in [-0.15, -0.1) is 12.4 Å². The third kappa shape index (κ3) is 6.82. The maximum absolute atomic E-state index is 13.8. The summed E-state index contributed by atoms with van der Waals surface area (Å²) in [6, 6.07) is 2.18. The van der Waals surface area contributed by atoms with E-state index in [0.29, 0.717) is 19.5 Å². The molecular weight excluding hydrogens is 316 g/mol. The SMILES string of the molecule is CC(=O)NC(CC(=O)NCCCN)c1ccc(F)cc1F.Cl. The Bertz CT molecular complexity index is 515. The zero-order valence-electron chi connectivity index (χ0n) is 12.2. The summed E-state index contributed by atoms with van der Waals surface area (Å²) >= 11 is 0. The van der Waals surface area contributed by atoms with Gasteiger partial charge in [0.2, 0.25) is 11.8 Å². The first-order valence-electron chi connectivity index (χ1n) is 6.63. The highest BCUT2D eigenvalue weighted by Gasteiger charge is 2.20. The number of hydrogen-bond acceptors (Lipinski definition) is 3. The summed E-state index contributed by atoms with van der Waals surface area (Å²) < 4.78 is 26.7. The maximum atomic E-state index is 13.8. The Balaban J connectivity index is 0.00000441. The smallest absolute Gasteiger partial charge is 0.222 e. The van der Waals surface area contributed by atoms with Crippen LogP contribution in [0.5, 0.6) is 0 Å². The quantitative estimate of drug-likeness (QED) is 0.659. The Labute approximate surface area is 134 Å². The second kappa shape index (κ2) is 10.1. The summed E-state index contributed by atoms with van der Waals surface area (Å²) in [6.07, 6.45) is 0.494. The van der Waals surface area contributed by atoms with Gasteiger partial charge in [0.05, 0.1) is 12.5 Å². The van der Waals surface area contributed by atoms with Crippen LogP contribution in [0, 0.1) is 11.6 Å². The van der Waals surface area contributed by atoms with Gasteiger partial charge in [0, 0.05) is 25.1 Å². The molecular formula is C14H20ClF2N3O2. The van der Waals surface area contributed by atoms with Gasteiger partial charge in [0.1, 0.15) is 11.6 Å². The summed E-state index contributed by atoms with van der Waals surface area (Å²) in [4.78, 5) is 23.0. The van der Waals surface area contributed by atoms with Gasteiger partial charge in [0.15, 0.2) is 0 Å². The van der Waals surface area contributed by atoms with E-state index in [0.717, 1.165) is 12.1 Å². The highest BCUT2D eigenvalue weighted by Crippen LogP contribution is 2.21. The van der Waals surface area contributed by atoms with E-state index >= 15 is 0 Å². The summed E-state index contributed by atoms with van der Waals surface area (Å²) in [5.41, 5.74) is 5.38. The topological polar surface area (TPSA) is 84.2 Å². The van der Waals surface area contributed by atoms with E-state index in [1.807, 2.05) is 0 Å². The van der Waals surface area contributed by atoms with Crippen LogP contribution in [0.3, 0.4) is 0 Å². The molecule has 1 rings (SSSR count). The lowest BCUT2D eigenvalue weighted by atomic mass is 10.0. The van der Waals surface area contributed by atoms with Crippen LogP contribution in [0.25, 0.3) is 0 Å². The normalized spacial score (nSPS) is 11.3. The second-order valence-corrected chi connectivity index (χ2v) is 4.62. The number of hydrogen-bond donors (Lipinski definition) is 3. The molecule has 0 fully saturated rings. The lowest BCUT2D eigenvalue weighted by Gasteiger charge is -2.18. The van der Waals surface area contributed by atoms with Crippen molar-refractivity contribution in [3.05, 3.63) is 35.4 Å². The van der Waals surface area contributed by atoms with Crippen LogP contribution in [0.15, 0.2) is 18.2 Å². The predicted octanol–water partition coefficient (Wildman–Crippen LogP) is 1.42. The van der Waals surface area contributed by atoms with Crippen molar-refractivity contribution in [2.75, 3.05) is 13.1 Å². The van der Waals surface area contributed by atoms with Crippen LogP contribution < -0.4 is 16.4 Å². The molecule has 5 nitrogen and oxygen atoms in total. The van der Waals surface area contributed by atoms with Crippen molar-refractivity contribution in [2.24, 2.45) is 5.73 Å². The molecule has 0 aromatic heterocycles. The van der Waals surface area contributed by atoms with Gasteiger partial charge in [-0.25, -0.2) is 8.78 Å². The van der Waals surface area contributed by atoms with Crippen molar-refractivity contribution < 1.29 is 18.4 Å². The number of benzene rings is 1. The zero-order valence-corrected chi connectivity index (χ0v) is 13.0. The van der Waals surface area contributed by atoms with Gasteiger partial charge in [-0.3, -0.25) is 9.59 Å². The minimum absolute atomic E-state index is 0. The zero-order chi connectivity index (χ0) is 15.8. The fraction of sp³-hybridized carbons (Fsp3) is 0.429. The van der Waals surface area contributed by atoms with Crippen molar-refractivity contribution >= 4 is 24.2 Å². The number of halogens is 3. The first-order valence-corrected chi connectivity index (χ1v) is 6.63. The van der Waals surface area contributed by atoms with Crippen molar-refractivity contribution in [3.63, 3.8) is 0 Å². The van der Waals surface area contributed by atoms with E-state index in [9.17, 15) is 18.4 Å². The first-order chi connectivity index (χ1) is 9.93. The summed E-state index contributed by atoms with van der Waals surface area (Å²) in [6.45, 7) is 2.12. The molecule has 1 aromatic rings. The van der Waals surface area contributed by atoms with Crippen molar-refractivity contribution in [3.8, 4) is 0 Å². The predicted molar refractivity (Wildman–Crippen MR) is 81.5 cm³/mol. The molecule has 4 N–H and O–H groups in total. The number of amides is 2. The number of carbonyl (C=O) groups is 2. The van der Waals surface area contributed by atoms with Crippen molar-refractivity contribution in [1.29, 1.82) is 0 Å². The maximum Gasteiger partial charge on any atom is 0.222 e. The largest absolute Gasteiger partial charge is 0.356 e. The van der Waals surface area contributed by atoms with Gasteiger partial charge in [0.25, 0.3) is 0 Å². The van der Waals surface area contributed by atoms with Crippen molar-refractivity contribution in [1.82, 2.24) is 10.6 Å². The highest BCUT2D eigenvalue weighted by molar-refractivity contribution is 5.85. The molecule has 0 aliphatic carbocycles. The molecule has 1 unspecified atom stereocenters. The number of nitrogens with two attached hydrogens (primary N) is 1. The molecule has 8 heteroatoms. The molecule has 0 heterocycles. The highest BCUT2D eigenvalue weighted by atomic mass is 35.5. The molecule has 22 heavy (non-hydrogen) atoms. The van der Waals surface area contributed by atoms with Crippen molar-refractivity contribution in [2.45, 2.75) is 25.8 Å². The van der Waals surface area contributed by atoms with Crippen LogP contribution in [0.1, 0.15) is 31.4 Å². The van der Waals surface area contributed by atoms with E-state index in [-0.39, 0.29) is 30.3 Å². The standard InChI is InChI=1S/C14H19F2N3O2.ClH/c1-9(20)19-13(8-14(21)18-6-2-5-17)11-4-3-10(15)7-12(11)16;/h3-4,7,13H,2,5-6,8,17H2,1H3,(H,18,21)(H,19,20);1H.